The van der Waals surface area contributed by atoms with E-state index in [0.29, 0.717) is 11.1 Å². The Morgan fingerprint density at radius 2 is 1.89 bits per heavy atom. The summed E-state index contributed by atoms with van der Waals surface area (Å²) in [5, 5.41) is 8.80. The molecule has 0 amide bonds. The van der Waals surface area contributed by atoms with Crippen molar-refractivity contribution in [3.63, 3.8) is 0 Å². The fraction of sp³-hybridized carbons (Fsp3) is 0. The number of carbonyl (C=O) groups is 1. The molecule has 0 bridgehead atoms. The first-order valence-corrected chi connectivity index (χ1v) is 6.46. The molecule has 2 aromatic rings. The third kappa shape index (κ3) is 3.64. The molecular formula is C16H10BrNO. The van der Waals surface area contributed by atoms with Crippen molar-refractivity contribution in [2.75, 3.05) is 0 Å². The molecule has 0 fully saturated rings. The van der Waals surface area contributed by atoms with Crippen molar-refractivity contribution in [2.24, 2.45) is 0 Å². The number of benzene rings is 2. The van der Waals surface area contributed by atoms with Gasteiger partial charge in [0.25, 0.3) is 0 Å². The molecule has 0 unspecified atom stereocenters. The van der Waals surface area contributed by atoms with E-state index in [2.05, 4.69) is 22.0 Å². The van der Waals surface area contributed by atoms with Crippen LogP contribution >= 0.6 is 15.9 Å². The van der Waals surface area contributed by atoms with Gasteiger partial charge in [0, 0.05) is 10.0 Å². The van der Waals surface area contributed by atoms with Crippen LogP contribution in [0.15, 0.2) is 59.1 Å². The third-order valence-corrected chi connectivity index (χ3v) is 3.10. The monoisotopic (exact) mass is 311 g/mol. The number of nitriles is 1. The summed E-state index contributed by atoms with van der Waals surface area (Å²) in [6, 6.07) is 16.4. The van der Waals surface area contributed by atoms with E-state index < -0.39 is 0 Å². The van der Waals surface area contributed by atoms with Crippen LogP contribution in [0, 0.1) is 11.3 Å². The maximum absolute atomic E-state index is 11.9. The Morgan fingerprint density at radius 1 is 1.16 bits per heavy atom. The van der Waals surface area contributed by atoms with Crippen LogP contribution in [0.2, 0.25) is 0 Å². The lowest BCUT2D eigenvalue weighted by Crippen LogP contribution is -1.93. The second-order valence-electron chi connectivity index (χ2n) is 3.94. The fourth-order valence-electron chi connectivity index (χ4n) is 1.59. The van der Waals surface area contributed by atoms with Crippen LogP contribution < -0.4 is 0 Å². The SMILES string of the molecule is N#Cc1cccc(/C=C/C(=O)c2ccc(Br)cc2)c1. The van der Waals surface area contributed by atoms with Crippen molar-refractivity contribution in [1.29, 1.82) is 5.26 Å². The van der Waals surface area contributed by atoms with Crippen LogP contribution in [-0.2, 0) is 0 Å². The van der Waals surface area contributed by atoms with Gasteiger partial charge in [-0.25, -0.2) is 0 Å². The Bertz CT molecular complexity index is 666. The number of rotatable bonds is 3. The van der Waals surface area contributed by atoms with E-state index in [1.54, 1.807) is 36.4 Å². The summed E-state index contributed by atoms with van der Waals surface area (Å²) < 4.78 is 0.940. The molecule has 3 heteroatoms. The predicted molar refractivity (Wildman–Crippen MR) is 78.7 cm³/mol. The Morgan fingerprint density at radius 3 is 2.58 bits per heavy atom. The molecular weight excluding hydrogens is 302 g/mol. The smallest absolute Gasteiger partial charge is 0.185 e. The molecule has 0 heterocycles. The minimum atomic E-state index is -0.0603. The third-order valence-electron chi connectivity index (χ3n) is 2.57. The first kappa shape index (κ1) is 13.3. The van der Waals surface area contributed by atoms with Gasteiger partial charge in [-0.05, 0) is 48.0 Å². The van der Waals surface area contributed by atoms with E-state index in [1.165, 1.54) is 6.08 Å². The zero-order valence-corrected chi connectivity index (χ0v) is 11.6. The number of halogens is 1. The van der Waals surface area contributed by atoms with Gasteiger partial charge in [0.15, 0.2) is 5.78 Å². The van der Waals surface area contributed by atoms with E-state index in [0.717, 1.165) is 10.0 Å². The summed E-state index contributed by atoms with van der Waals surface area (Å²) in [4.78, 5) is 11.9. The lowest BCUT2D eigenvalue weighted by Gasteiger charge is -1.97. The van der Waals surface area contributed by atoms with Crippen molar-refractivity contribution in [1.82, 2.24) is 0 Å². The average Bonchev–Trinajstić information content (AvgIpc) is 2.46. The quantitative estimate of drug-likeness (QED) is 0.629. The maximum Gasteiger partial charge on any atom is 0.185 e. The molecule has 19 heavy (non-hydrogen) atoms. The van der Waals surface area contributed by atoms with E-state index in [-0.39, 0.29) is 5.78 Å². The molecule has 0 saturated carbocycles. The highest BCUT2D eigenvalue weighted by Crippen LogP contribution is 2.12. The largest absolute Gasteiger partial charge is 0.289 e. The number of allylic oxidation sites excluding steroid dienone is 1. The molecule has 2 rings (SSSR count). The van der Waals surface area contributed by atoms with Crippen LogP contribution in [0.4, 0.5) is 0 Å². The zero-order chi connectivity index (χ0) is 13.7. The predicted octanol–water partition coefficient (Wildman–Crippen LogP) is 4.22. The normalized spacial score (nSPS) is 10.3. The molecule has 0 saturated heterocycles. The van der Waals surface area contributed by atoms with E-state index in [4.69, 9.17) is 5.26 Å². The molecule has 0 spiro atoms. The minimum absolute atomic E-state index is 0.0603. The lowest BCUT2D eigenvalue weighted by atomic mass is 10.1. The van der Waals surface area contributed by atoms with Gasteiger partial charge in [0.05, 0.1) is 11.6 Å². The summed E-state index contributed by atoms with van der Waals surface area (Å²) in [6.07, 6.45) is 3.23. The van der Waals surface area contributed by atoms with Crippen LogP contribution in [-0.4, -0.2) is 5.78 Å². The summed E-state index contributed by atoms with van der Waals surface area (Å²) in [5.74, 6) is -0.0603. The fourth-order valence-corrected chi connectivity index (χ4v) is 1.86. The Labute approximate surface area is 120 Å². The molecule has 2 nitrogen and oxygen atoms in total. The number of ketones is 1. The molecule has 0 aromatic heterocycles. The highest BCUT2D eigenvalue weighted by atomic mass is 79.9. The first-order chi connectivity index (χ1) is 9.19. The summed E-state index contributed by atoms with van der Waals surface area (Å²) >= 11 is 3.33. The Kier molecular flexibility index (Phi) is 4.27. The number of carbonyl (C=O) groups excluding carboxylic acids is 1. The summed E-state index contributed by atoms with van der Waals surface area (Å²) in [5.41, 5.74) is 2.05. The summed E-state index contributed by atoms with van der Waals surface area (Å²) in [7, 11) is 0. The molecule has 0 N–H and O–H groups in total. The molecule has 0 aliphatic heterocycles. The zero-order valence-electron chi connectivity index (χ0n) is 10.0. The van der Waals surface area contributed by atoms with E-state index >= 15 is 0 Å². The van der Waals surface area contributed by atoms with Crippen LogP contribution in [0.25, 0.3) is 6.08 Å². The van der Waals surface area contributed by atoms with Gasteiger partial charge in [-0.3, -0.25) is 4.79 Å². The lowest BCUT2D eigenvalue weighted by molar-refractivity contribution is 0.104. The van der Waals surface area contributed by atoms with E-state index in [1.807, 2.05) is 18.2 Å². The molecule has 2 aromatic carbocycles. The van der Waals surface area contributed by atoms with Crippen molar-refractivity contribution in [3.8, 4) is 6.07 Å². The van der Waals surface area contributed by atoms with Gasteiger partial charge in [0.2, 0.25) is 0 Å². The van der Waals surface area contributed by atoms with Gasteiger partial charge >= 0.3 is 0 Å². The second kappa shape index (κ2) is 6.12. The number of hydrogen-bond donors (Lipinski definition) is 0. The van der Waals surface area contributed by atoms with Crippen LogP contribution in [0.1, 0.15) is 21.5 Å². The average molecular weight is 312 g/mol. The van der Waals surface area contributed by atoms with Crippen molar-refractivity contribution in [3.05, 3.63) is 75.8 Å². The maximum atomic E-state index is 11.9. The number of nitrogens with zero attached hydrogens (tertiary/aromatic N) is 1. The van der Waals surface area contributed by atoms with Gasteiger partial charge in [0.1, 0.15) is 0 Å². The van der Waals surface area contributed by atoms with Crippen molar-refractivity contribution in [2.45, 2.75) is 0 Å². The minimum Gasteiger partial charge on any atom is -0.289 e. The Balaban J connectivity index is 2.16. The molecule has 0 atom stereocenters. The highest BCUT2D eigenvalue weighted by molar-refractivity contribution is 9.10. The van der Waals surface area contributed by atoms with Gasteiger partial charge in [-0.1, -0.05) is 34.1 Å². The second-order valence-corrected chi connectivity index (χ2v) is 4.86. The highest BCUT2D eigenvalue weighted by Gasteiger charge is 2.01. The molecule has 0 aliphatic rings. The van der Waals surface area contributed by atoms with Gasteiger partial charge in [-0.2, -0.15) is 5.26 Å². The Hall–Kier alpha value is -2.18. The van der Waals surface area contributed by atoms with Crippen LogP contribution in [0.5, 0.6) is 0 Å². The molecule has 92 valence electrons. The number of hydrogen-bond acceptors (Lipinski definition) is 2. The standard InChI is InChI=1S/C16H10BrNO/c17-15-7-5-14(6-8-15)16(19)9-4-12-2-1-3-13(10-12)11-18/h1-10H/b9-4+. The first-order valence-electron chi connectivity index (χ1n) is 5.67. The van der Waals surface area contributed by atoms with Crippen molar-refractivity contribution < 1.29 is 4.79 Å². The topological polar surface area (TPSA) is 40.9 Å². The van der Waals surface area contributed by atoms with Gasteiger partial charge in [-0.15, -0.1) is 0 Å². The summed E-state index contributed by atoms with van der Waals surface area (Å²) in [6.45, 7) is 0. The van der Waals surface area contributed by atoms with Crippen LogP contribution in [0.3, 0.4) is 0 Å². The molecule has 0 aliphatic carbocycles. The van der Waals surface area contributed by atoms with E-state index in [9.17, 15) is 4.79 Å². The van der Waals surface area contributed by atoms with Crippen molar-refractivity contribution >= 4 is 27.8 Å². The van der Waals surface area contributed by atoms with Gasteiger partial charge < -0.3 is 0 Å². The molecule has 0 radical (unpaired) electrons.